The standard InChI is InChI=1S/C27H32N4O6S/c1-3-35-24(33)15-29-26(34)30-21-6-4-5-20(13-21)25-36-22(17-38-27-28-11-12-31(27)2)14-23(37-25)19-9-7-18(16-32)8-10-19/h4-13,22-23,25,32H,3,14-17H2,1-2H3,(H2,29,30,34)/t22-,23+,25+/m0/s1. The molecule has 1 aliphatic rings. The number of hydrogen-bond donors (Lipinski definition) is 3. The summed E-state index contributed by atoms with van der Waals surface area (Å²) in [6, 6.07) is 14.4. The van der Waals surface area contributed by atoms with E-state index in [-0.39, 0.29) is 32.0 Å². The monoisotopic (exact) mass is 540 g/mol. The van der Waals surface area contributed by atoms with Gasteiger partial charge in [-0.2, -0.15) is 0 Å². The number of nitrogens with one attached hydrogen (secondary N) is 2. The van der Waals surface area contributed by atoms with Gasteiger partial charge in [0, 0.05) is 42.9 Å². The Morgan fingerprint density at radius 2 is 2.00 bits per heavy atom. The number of carbonyl (C=O) groups is 2. The van der Waals surface area contributed by atoms with Crippen LogP contribution >= 0.6 is 11.8 Å². The van der Waals surface area contributed by atoms with Gasteiger partial charge in [-0.1, -0.05) is 48.2 Å². The van der Waals surface area contributed by atoms with E-state index in [1.807, 2.05) is 48.1 Å². The zero-order valence-electron chi connectivity index (χ0n) is 21.3. The van der Waals surface area contributed by atoms with Crippen LogP contribution in [-0.2, 0) is 32.7 Å². The molecule has 0 radical (unpaired) electrons. The summed E-state index contributed by atoms with van der Waals surface area (Å²) in [5.41, 5.74) is 3.11. The van der Waals surface area contributed by atoms with Crippen molar-refractivity contribution >= 4 is 29.4 Å². The summed E-state index contributed by atoms with van der Waals surface area (Å²) >= 11 is 1.62. The highest BCUT2D eigenvalue weighted by atomic mass is 32.2. The van der Waals surface area contributed by atoms with Crippen molar-refractivity contribution in [1.29, 1.82) is 0 Å². The molecule has 3 N–H and O–H groups in total. The summed E-state index contributed by atoms with van der Waals surface area (Å²) < 4.78 is 19.5. The van der Waals surface area contributed by atoms with Crippen LogP contribution < -0.4 is 10.6 Å². The zero-order chi connectivity index (χ0) is 26.9. The van der Waals surface area contributed by atoms with Crippen LogP contribution in [0.4, 0.5) is 10.5 Å². The first-order valence-electron chi connectivity index (χ1n) is 12.4. The largest absolute Gasteiger partial charge is 0.465 e. The summed E-state index contributed by atoms with van der Waals surface area (Å²) in [6.45, 7) is 1.71. The van der Waals surface area contributed by atoms with Gasteiger partial charge in [0.2, 0.25) is 0 Å². The predicted octanol–water partition coefficient (Wildman–Crippen LogP) is 3.93. The maximum Gasteiger partial charge on any atom is 0.325 e. The fraction of sp³-hybridized carbons (Fsp3) is 0.370. The molecule has 38 heavy (non-hydrogen) atoms. The third-order valence-electron chi connectivity index (χ3n) is 5.91. The van der Waals surface area contributed by atoms with E-state index in [4.69, 9.17) is 14.2 Å². The number of carbonyl (C=O) groups excluding carboxylic acids is 2. The first kappa shape index (κ1) is 27.6. The number of amides is 2. The van der Waals surface area contributed by atoms with Gasteiger partial charge in [0.15, 0.2) is 11.4 Å². The maximum absolute atomic E-state index is 12.3. The van der Waals surface area contributed by atoms with Crippen molar-refractivity contribution in [3.8, 4) is 0 Å². The number of hydrogen-bond acceptors (Lipinski definition) is 8. The predicted molar refractivity (Wildman–Crippen MR) is 142 cm³/mol. The lowest BCUT2D eigenvalue weighted by Crippen LogP contribution is -2.34. The molecule has 0 saturated carbocycles. The number of thioether (sulfide) groups is 1. The molecule has 2 heterocycles. The number of aliphatic hydroxyl groups excluding tert-OH is 1. The third-order valence-corrected chi connectivity index (χ3v) is 7.10. The SMILES string of the molecule is CCOC(=O)CNC(=O)Nc1cccc([C@@H]2O[C@H](CSc3nccn3C)C[C@H](c3ccc(CO)cc3)O2)c1. The van der Waals surface area contributed by atoms with Crippen molar-refractivity contribution in [3.63, 3.8) is 0 Å². The van der Waals surface area contributed by atoms with Gasteiger partial charge in [-0.15, -0.1) is 0 Å². The molecule has 1 fully saturated rings. The van der Waals surface area contributed by atoms with Gasteiger partial charge < -0.3 is 34.5 Å². The Balaban J connectivity index is 1.47. The van der Waals surface area contributed by atoms with Gasteiger partial charge in [-0.05, 0) is 30.2 Å². The van der Waals surface area contributed by atoms with Gasteiger partial charge in [0.25, 0.3) is 0 Å². The molecule has 10 nitrogen and oxygen atoms in total. The molecular weight excluding hydrogens is 508 g/mol. The smallest absolute Gasteiger partial charge is 0.325 e. The summed E-state index contributed by atoms with van der Waals surface area (Å²) in [7, 11) is 1.95. The number of urea groups is 1. The van der Waals surface area contributed by atoms with Crippen LogP contribution in [-0.4, -0.2) is 51.7 Å². The molecule has 0 aliphatic carbocycles. The number of aromatic nitrogens is 2. The second kappa shape index (κ2) is 13.4. The zero-order valence-corrected chi connectivity index (χ0v) is 22.1. The van der Waals surface area contributed by atoms with Crippen molar-refractivity contribution in [3.05, 3.63) is 77.6 Å². The summed E-state index contributed by atoms with van der Waals surface area (Å²) in [5.74, 6) is 0.178. The first-order chi connectivity index (χ1) is 18.4. The van der Waals surface area contributed by atoms with Crippen LogP contribution in [0, 0.1) is 0 Å². The normalized spacial score (nSPS) is 19.1. The highest BCUT2D eigenvalue weighted by molar-refractivity contribution is 7.99. The van der Waals surface area contributed by atoms with E-state index in [1.165, 1.54) is 0 Å². The van der Waals surface area contributed by atoms with Gasteiger partial charge in [0.05, 0.1) is 25.4 Å². The summed E-state index contributed by atoms with van der Waals surface area (Å²) in [6.07, 6.45) is 3.31. The quantitative estimate of drug-likeness (QED) is 0.261. The highest BCUT2D eigenvalue weighted by Gasteiger charge is 2.32. The molecule has 3 atom stereocenters. The second-order valence-corrected chi connectivity index (χ2v) is 9.71. The number of nitrogens with zero attached hydrogens (tertiary/aromatic N) is 2. The van der Waals surface area contributed by atoms with E-state index in [0.29, 0.717) is 17.9 Å². The molecule has 1 aromatic heterocycles. The molecule has 4 rings (SSSR count). The number of imidazole rings is 1. The Labute approximate surface area is 225 Å². The minimum atomic E-state index is -0.664. The van der Waals surface area contributed by atoms with Gasteiger partial charge >= 0.3 is 12.0 Å². The van der Waals surface area contributed by atoms with Gasteiger partial charge in [0.1, 0.15) is 6.54 Å². The number of esters is 1. The molecule has 1 saturated heterocycles. The molecule has 2 aromatic carbocycles. The average Bonchev–Trinajstić information content (AvgIpc) is 3.35. The van der Waals surface area contributed by atoms with Crippen molar-refractivity contribution in [2.45, 2.75) is 43.6 Å². The number of benzene rings is 2. The van der Waals surface area contributed by atoms with Crippen LogP contribution in [0.5, 0.6) is 0 Å². The Hall–Kier alpha value is -3.38. The lowest BCUT2D eigenvalue weighted by Gasteiger charge is -2.36. The third kappa shape index (κ3) is 7.57. The molecule has 0 unspecified atom stereocenters. The minimum absolute atomic E-state index is 0.0202. The lowest BCUT2D eigenvalue weighted by molar-refractivity contribution is -0.245. The number of rotatable bonds is 10. The van der Waals surface area contributed by atoms with Crippen LogP contribution in [0.2, 0.25) is 0 Å². The second-order valence-electron chi connectivity index (χ2n) is 8.72. The maximum atomic E-state index is 12.3. The number of aryl methyl sites for hydroxylation is 1. The van der Waals surface area contributed by atoms with E-state index >= 15 is 0 Å². The first-order valence-corrected chi connectivity index (χ1v) is 13.3. The van der Waals surface area contributed by atoms with Crippen molar-refractivity contribution in [2.75, 3.05) is 24.2 Å². The van der Waals surface area contributed by atoms with E-state index < -0.39 is 18.3 Å². The van der Waals surface area contributed by atoms with E-state index in [0.717, 1.165) is 21.8 Å². The van der Waals surface area contributed by atoms with Gasteiger partial charge in [-0.3, -0.25) is 4.79 Å². The molecule has 202 valence electrons. The average molecular weight is 541 g/mol. The number of anilines is 1. The van der Waals surface area contributed by atoms with Gasteiger partial charge in [-0.25, -0.2) is 9.78 Å². The molecule has 0 bridgehead atoms. The fourth-order valence-electron chi connectivity index (χ4n) is 3.98. The topological polar surface area (TPSA) is 124 Å². The summed E-state index contributed by atoms with van der Waals surface area (Å²) in [4.78, 5) is 28.1. The van der Waals surface area contributed by atoms with Crippen LogP contribution in [0.3, 0.4) is 0 Å². The van der Waals surface area contributed by atoms with Crippen LogP contribution in [0.1, 0.15) is 42.4 Å². The molecule has 2 amide bonds. The molecule has 1 aliphatic heterocycles. The molecule has 0 spiro atoms. The Morgan fingerprint density at radius 3 is 2.71 bits per heavy atom. The lowest BCUT2D eigenvalue weighted by atomic mass is 10.0. The van der Waals surface area contributed by atoms with Crippen molar-refractivity contribution < 1.29 is 28.9 Å². The van der Waals surface area contributed by atoms with Crippen molar-refractivity contribution in [1.82, 2.24) is 14.9 Å². The fourth-order valence-corrected chi connectivity index (χ4v) is 4.93. The van der Waals surface area contributed by atoms with E-state index in [1.54, 1.807) is 43.1 Å². The Bertz CT molecular complexity index is 1220. The molecule has 11 heteroatoms. The highest BCUT2D eigenvalue weighted by Crippen LogP contribution is 2.39. The molecule has 3 aromatic rings. The molecular formula is C27H32N4O6S. The minimum Gasteiger partial charge on any atom is -0.465 e. The van der Waals surface area contributed by atoms with E-state index in [2.05, 4.69) is 15.6 Å². The Morgan fingerprint density at radius 1 is 1.18 bits per heavy atom. The summed E-state index contributed by atoms with van der Waals surface area (Å²) in [5, 5.41) is 15.5. The number of ether oxygens (including phenoxy) is 3. The Kier molecular flexibility index (Phi) is 9.77. The van der Waals surface area contributed by atoms with Crippen molar-refractivity contribution in [2.24, 2.45) is 7.05 Å². The van der Waals surface area contributed by atoms with E-state index in [9.17, 15) is 14.7 Å². The van der Waals surface area contributed by atoms with Crippen LogP contribution in [0.25, 0.3) is 0 Å². The number of aliphatic hydroxyl groups is 1. The van der Waals surface area contributed by atoms with Crippen LogP contribution in [0.15, 0.2) is 66.1 Å².